The van der Waals surface area contributed by atoms with Crippen molar-refractivity contribution in [3.05, 3.63) is 65.7 Å². The molecule has 12 heteroatoms. The lowest BCUT2D eigenvalue weighted by Crippen LogP contribution is -2.36. The molecule has 0 bridgehead atoms. The Hall–Kier alpha value is -2.69. The van der Waals surface area contributed by atoms with E-state index < -0.39 is 50.3 Å². The molecule has 2 aromatic rings. The van der Waals surface area contributed by atoms with Crippen molar-refractivity contribution in [2.75, 3.05) is 0 Å². The van der Waals surface area contributed by atoms with Crippen LogP contribution in [0.25, 0.3) is 5.69 Å². The van der Waals surface area contributed by atoms with Gasteiger partial charge in [-0.15, -0.1) is 0 Å². The summed E-state index contributed by atoms with van der Waals surface area (Å²) in [4.78, 5) is 34.5. The van der Waals surface area contributed by atoms with Crippen LogP contribution in [0.15, 0.2) is 27.8 Å². The highest BCUT2D eigenvalue weighted by atomic mass is 35.5. The van der Waals surface area contributed by atoms with Crippen molar-refractivity contribution in [3.63, 3.8) is 0 Å². The minimum Gasteiger partial charge on any atom is -0.303 e. The number of aromatic nitrogens is 2. The molecule has 0 aliphatic heterocycles. The monoisotopic (exact) mass is 353 g/mol. The number of hydrogen-bond donors (Lipinski definition) is 1. The maximum absolute atomic E-state index is 13.8. The first-order chi connectivity index (χ1) is 10.5. The van der Waals surface area contributed by atoms with Crippen LogP contribution in [0.5, 0.6) is 0 Å². The van der Waals surface area contributed by atoms with Gasteiger partial charge < -0.3 is 4.98 Å². The highest BCUT2D eigenvalue weighted by Gasteiger charge is 2.33. The smallest absolute Gasteiger partial charge is 0.303 e. The Kier molecular flexibility index (Phi) is 3.99. The maximum Gasteiger partial charge on any atom is 0.431 e. The zero-order valence-electron chi connectivity index (χ0n) is 10.6. The average molecular weight is 354 g/mol. The molecule has 0 spiro atoms. The normalized spacial score (nSPS) is 11.5. The van der Waals surface area contributed by atoms with Gasteiger partial charge in [0.2, 0.25) is 0 Å². The van der Waals surface area contributed by atoms with Crippen LogP contribution < -0.4 is 11.2 Å². The van der Waals surface area contributed by atoms with E-state index in [0.717, 1.165) is 0 Å². The van der Waals surface area contributed by atoms with Crippen molar-refractivity contribution >= 4 is 17.3 Å². The largest absolute Gasteiger partial charge is 0.431 e. The lowest BCUT2D eigenvalue weighted by atomic mass is 10.2. The molecular formula is C11H4ClF4N3O4. The van der Waals surface area contributed by atoms with Gasteiger partial charge in [0.1, 0.15) is 16.5 Å². The molecule has 1 N–H and O–H groups in total. The van der Waals surface area contributed by atoms with Gasteiger partial charge in [-0.3, -0.25) is 14.9 Å². The highest BCUT2D eigenvalue weighted by molar-refractivity contribution is 6.32. The van der Waals surface area contributed by atoms with E-state index in [-0.39, 0.29) is 10.6 Å². The fourth-order valence-corrected chi connectivity index (χ4v) is 1.93. The summed E-state index contributed by atoms with van der Waals surface area (Å²) in [5.74, 6) is -1.30. The second-order valence-electron chi connectivity index (χ2n) is 4.17. The Morgan fingerprint density at radius 3 is 2.30 bits per heavy atom. The van der Waals surface area contributed by atoms with E-state index in [1.54, 1.807) is 0 Å². The molecule has 0 aliphatic carbocycles. The van der Waals surface area contributed by atoms with Gasteiger partial charge in [-0.05, 0) is 0 Å². The van der Waals surface area contributed by atoms with Crippen molar-refractivity contribution in [2.24, 2.45) is 0 Å². The van der Waals surface area contributed by atoms with E-state index in [0.29, 0.717) is 12.1 Å². The van der Waals surface area contributed by atoms with Gasteiger partial charge in [0.25, 0.3) is 11.2 Å². The summed E-state index contributed by atoms with van der Waals surface area (Å²) >= 11 is 5.44. The summed E-state index contributed by atoms with van der Waals surface area (Å²) in [5.41, 5.74) is -6.49. The SMILES string of the molecule is O=c1cc(C(F)(F)F)[nH]c(=O)n1-c1cc([N+](=O)[O-])c(Cl)cc1F. The van der Waals surface area contributed by atoms with Crippen molar-refractivity contribution in [2.45, 2.75) is 6.18 Å². The number of nitrogens with one attached hydrogen (secondary N) is 1. The Morgan fingerprint density at radius 1 is 1.22 bits per heavy atom. The molecule has 1 aromatic heterocycles. The third-order valence-electron chi connectivity index (χ3n) is 2.69. The third kappa shape index (κ3) is 3.08. The average Bonchev–Trinajstić information content (AvgIpc) is 2.38. The predicted molar refractivity (Wildman–Crippen MR) is 69.3 cm³/mol. The van der Waals surface area contributed by atoms with Crippen LogP contribution in [0.3, 0.4) is 0 Å². The van der Waals surface area contributed by atoms with E-state index >= 15 is 0 Å². The number of aromatic amines is 1. The number of halogens is 5. The molecule has 0 saturated carbocycles. The van der Waals surface area contributed by atoms with Gasteiger partial charge in [-0.1, -0.05) is 11.6 Å². The van der Waals surface area contributed by atoms with E-state index in [1.165, 1.54) is 4.98 Å². The lowest BCUT2D eigenvalue weighted by molar-refractivity contribution is -0.384. The molecule has 1 aromatic carbocycles. The summed E-state index contributed by atoms with van der Waals surface area (Å²) < 4.78 is 51.3. The molecule has 1 heterocycles. The van der Waals surface area contributed by atoms with Gasteiger partial charge in [0, 0.05) is 18.2 Å². The molecule has 7 nitrogen and oxygen atoms in total. The maximum atomic E-state index is 13.8. The predicted octanol–water partition coefficient (Wildman–Crippen LogP) is 2.25. The highest BCUT2D eigenvalue weighted by Crippen LogP contribution is 2.29. The number of benzene rings is 1. The summed E-state index contributed by atoms with van der Waals surface area (Å²) in [6.07, 6.45) is -5.00. The molecule has 0 saturated heterocycles. The zero-order valence-corrected chi connectivity index (χ0v) is 11.4. The van der Waals surface area contributed by atoms with Crippen LogP contribution in [0.2, 0.25) is 5.02 Å². The van der Waals surface area contributed by atoms with Gasteiger partial charge in [0.05, 0.1) is 10.6 Å². The van der Waals surface area contributed by atoms with Crippen molar-refractivity contribution in [3.8, 4) is 5.69 Å². The summed E-state index contributed by atoms with van der Waals surface area (Å²) in [5, 5.41) is 10.1. The number of hydrogen-bond acceptors (Lipinski definition) is 4. The first kappa shape index (κ1) is 16.7. The number of alkyl halides is 3. The van der Waals surface area contributed by atoms with E-state index in [4.69, 9.17) is 11.6 Å². The van der Waals surface area contributed by atoms with Crippen LogP contribution in [0.1, 0.15) is 5.69 Å². The zero-order chi connectivity index (χ0) is 17.5. The number of nitro groups is 1. The van der Waals surface area contributed by atoms with Crippen molar-refractivity contribution in [1.29, 1.82) is 0 Å². The van der Waals surface area contributed by atoms with Crippen LogP contribution in [-0.2, 0) is 6.18 Å². The fourth-order valence-electron chi connectivity index (χ4n) is 1.71. The number of rotatable bonds is 2. The van der Waals surface area contributed by atoms with Crippen molar-refractivity contribution in [1.82, 2.24) is 9.55 Å². The number of H-pyrrole nitrogens is 1. The first-order valence-electron chi connectivity index (χ1n) is 5.59. The topological polar surface area (TPSA) is 98.0 Å². The molecule has 0 atom stereocenters. The van der Waals surface area contributed by atoms with Crippen LogP contribution in [0.4, 0.5) is 23.2 Å². The third-order valence-corrected chi connectivity index (χ3v) is 2.99. The molecule has 0 fully saturated rings. The molecule has 0 radical (unpaired) electrons. The minimum atomic E-state index is -5.00. The molecule has 122 valence electrons. The van der Waals surface area contributed by atoms with Crippen molar-refractivity contribution < 1.29 is 22.5 Å². The van der Waals surface area contributed by atoms with Gasteiger partial charge in [0.15, 0.2) is 0 Å². The lowest BCUT2D eigenvalue weighted by Gasteiger charge is -2.09. The Labute approximate surface area is 127 Å². The molecule has 0 unspecified atom stereocenters. The molecule has 23 heavy (non-hydrogen) atoms. The van der Waals surface area contributed by atoms with E-state index in [9.17, 15) is 37.3 Å². The summed E-state index contributed by atoms with van der Waals surface area (Å²) in [7, 11) is 0. The van der Waals surface area contributed by atoms with Gasteiger partial charge in [-0.2, -0.15) is 13.2 Å². The van der Waals surface area contributed by atoms with Crippen LogP contribution >= 0.6 is 11.6 Å². The van der Waals surface area contributed by atoms with Crippen LogP contribution in [0, 0.1) is 15.9 Å². The molecule has 2 rings (SSSR count). The molecular weight excluding hydrogens is 350 g/mol. The standard InChI is InChI=1S/C11H4ClF4N3O4/c12-4-1-5(13)7(2-6(4)19(22)23)18-9(20)3-8(11(14,15)16)17-10(18)21/h1-3H,(H,17,21). The second kappa shape index (κ2) is 5.50. The molecule has 0 aliphatic rings. The Bertz CT molecular complexity index is 888. The van der Waals surface area contributed by atoms with E-state index in [2.05, 4.69) is 0 Å². The number of nitrogens with zero attached hydrogens (tertiary/aromatic N) is 2. The quantitative estimate of drug-likeness (QED) is 0.508. The van der Waals surface area contributed by atoms with E-state index in [1.807, 2.05) is 0 Å². The van der Waals surface area contributed by atoms with Gasteiger partial charge in [-0.25, -0.2) is 13.8 Å². The summed E-state index contributed by atoms with van der Waals surface area (Å²) in [6, 6.07) is 0.974. The number of nitro benzene ring substituents is 1. The molecule has 0 amide bonds. The van der Waals surface area contributed by atoms with Crippen LogP contribution in [-0.4, -0.2) is 14.5 Å². The summed E-state index contributed by atoms with van der Waals surface area (Å²) in [6.45, 7) is 0. The second-order valence-corrected chi connectivity index (χ2v) is 4.58. The Balaban J connectivity index is 2.79. The first-order valence-corrected chi connectivity index (χ1v) is 5.97. The Morgan fingerprint density at radius 2 is 1.83 bits per heavy atom. The fraction of sp³-hybridized carbons (Fsp3) is 0.0909. The van der Waals surface area contributed by atoms with Gasteiger partial charge >= 0.3 is 11.9 Å². The minimum absolute atomic E-state index is 0.00605.